The van der Waals surface area contributed by atoms with Gasteiger partial charge in [0.15, 0.2) is 0 Å². The fourth-order valence-corrected chi connectivity index (χ4v) is 5.15. The van der Waals surface area contributed by atoms with E-state index in [4.69, 9.17) is 4.74 Å². The Labute approximate surface area is 187 Å². The van der Waals surface area contributed by atoms with Crippen LogP contribution in [0.2, 0.25) is 0 Å². The summed E-state index contributed by atoms with van der Waals surface area (Å²) in [5, 5.41) is 4.88. The molecule has 9 heteroatoms. The summed E-state index contributed by atoms with van der Waals surface area (Å²) < 4.78 is 46.1. The minimum absolute atomic E-state index is 0.00307. The number of hydrogen-bond acceptors (Lipinski definition) is 4. The standard InChI is InChI=1S/C23H23F3N2O3S/c1-31-22(30)15-4-8-17(9-5-15)27-21(29)18-13-32-19-10-11-28(20(18)19)12-14-2-6-16(7-3-14)23(24,25)26/h2-3,6-7,10-11,13,15,17H,4-5,8-9,12H2,1H3,(H,27,29). The van der Waals surface area contributed by atoms with E-state index in [9.17, 15) is 22.8 Å². The number of fused-ring (bicyclic) bond motifs is 1. The zero-order valence-electron chi connectivity index (χ0n) is 17.4. The van der Waals surface area contributed by atoms with Crippen LogP contribution in [0.3, 0.4) is 0 Å². The number of nitrogens with one attached hydrogen (secondary N) is 1. The lowest BCUT2D eigenvalue weighted by atomic mass is 9.86. The van der Waals surface area contributed by atoms with Gasteiger partial charge in [-0.25, -0.2) is 0 Å². The predicted octanol–water partition coefficient (Wildman–Crippen LogP) is 5.23. The maximum atomic E-state index is 13.0. The van der Waals surface area contributed by atoms with Crippen LogP contribution in [0.15, 0.2) is 41.9 Å². The molecule has 1 N–H and O–H groups in total. The molecular formula is C23H23F3N2O3S. The number of esters is 1. The van der Waals surface area contributed by atoms with Crippen molar-refractivity contribution < 1.29 is 27.5 Å². The van der Waals surface area contributed by atoms with Crippen LogP contribution in [0.5, 0.6) is 0 Å². The third-order valence-electron chi connectivity index (χ3n) is 5.96. The molecule has 1 aliphatic carbocycles. The maximum Gasteiger partial charge on any atom is 0.416 e. The summed E-state index contributed by atoms with van der Waals surface area (Å²) in [6.45, 7) is 0.364. The number of nitrogens with zero attached hydrogens (tertiary/aromatic N) is 1. The molecule has 0 radical (unpaired) electrons. The summed E-state index contributed by atoms with van der Waals surface area (Å²) in [6.07, 6.45) is 0.268. The fourth-order valence-electron chi connectivity index (χ4n) is 4.21. The number of methoxy groups -OCH3 is 1. The minimum atomic E-state index is -4.37. The lowest BCUT2D eigenvalue weighted by Crippen LogP contribution is -2.38. The first-order chi connectivity index (χ1) is 15.3. The number of hydrogen-bond donors (Lipinski definition) is 1. The molecule has 1 amide bonds. The largest absolute Gasteiger partial charge is 0.469 e. The molecule has 1 fully saturated rings. The third-order valence-corrected chi connectivity index (χ3v) is 6.90. The van der Waals surface area contributed by atoms with Crippen LogP contribution in [-0.4, -0.2) is 29.6 Å². The van der Waals surface area contributed by atoms with Crippen molar-refractivity contribution in [3.05, 3.63) is 58.6 Å². The highest BCUT2D eigenvalue weighted by molar-refractivity contribution is 7.17. The van der Waals surface area contributed by atoms with Crippen molar-refractivity contribution in [3.8, 4) is 0 Å². The molecule has 2 aromatic heterocycles. The highest BCUT2D eigenvalue weighted by Gasteiger charge is 2.30. The number of amides is 1. The molecule has 5 nitrogen and oxygen atoms in total. The first-order valence-electron chi connectivity index (χ1n) is 10.4. The summed E-state index contributed by atoms with van der Waals surface area (Å²) in [5.41, 5.74) is 1.36. The van der Waals surface area contributed by atoms with E-state index in [0.29, 0.717) is 43.4 Å². The zero-order valence-corrected chi connectivity index (χ0v) is 18.3. The van der Waals surface area contributed by atoms with Gasteiger partial charge in [-0.05, 0) is 49.4 Å². The average Bonchev–Trinajstić information content (AvgIpc) is 3.36. The number of carbonyl (C=O) groups excluding carboxylic acids is 2. The van der Waals surface area contributed by atoms with Crippen molar-refractivity contribution >= 4 is 33.4 Å². The lowest BCUT2D eigenvalue weighted by Gasteiger charge is -2.27. The molecule has 170 valence electrons. The second-order valence-electron chi connectivity index (χ2n) is 8.05. The van der Waals surface area contributed by atoms with E-state index in [2.05, 4.69) is 5.32 Å². The van der Waals surface area contributed by atoms with E-state index >= 15 is 0 Å². The Morgan fingerprint density at radius 1 is 1.12 bits per heavy atom. The summed E-state index contributed by atoms with van der Waals surface area (Å²) in [7, 11) is 1.39. The monoisotopic (exact) mass is 464 g/mol. The van der Waals surface area contributed by atoms with Crippen LogP contribution in [0.1, 0.15) is 47.2 Å². The minimum Gasteiger partial charge on any atom is -0.469 e. The van der Waals surface area contributed by atoms with Crippen molar-refractivity contribution in [2.75, 3.05) is 7.11 Å². The molecule has 3 aromatic rings. The first-order valence-corrected chi connectivity index (χ1v) is 11.3. The number of ether oxygens (including phenoxy) is 1. The number of thiophene rings is 1. The molecule has 0 aliphatic heterocycles. The molecule has 0 bridgehead atoms. The predicted molar refractivity (Wildman–Crippen MR) is 116 cm³/mol. The lowest BCUT2D eigenvalue weighted by molar-refractivity contribution is -0.146. The molecule has 1 aromatic carbocycles. The number of rotatable bonds is 5. The normalized spacial score (nSPS) is 19.1. The van der Waals surface area contributed by atoms with Gasteiger partial charge >= 0.3 is 12.1 Å². The molecule has 0 saturated heterocycles. The summed E-state index contributed by atoms with van der Waals surface area (Å²) in [4.78, 5) is 24.7. The number of alkyl halides is 3. The summed E-state index contributed by atoms with van der Waals surface area (Å²) >= 11 is 1.46. The molecule has 0 spiro atoms. The van der Waals surface area contributed by atoms with Gasteiger partial charge in [0, 0.05) is 24.2 Å². The Morgan fingerprint density at radius 2 is 1.81 bits per heavy atom. The summed E-state index contributed by atoms with van der Waals surface area (Å²) in [6, 6.07) is 6.96. The third kappa shape index (κ3) is 4.67. The Hall–Kier alpha value is -2.81. The van der Waals surface area contributed by atoms with Crippen LogP contribution in [0.4, 0.5) is 13.2 Å². The second-order valence-corrected chi connectivity index (χ2v) is 8.96. The Bertz CT molecular complexity index is 1110. The molecular weight excluding hydrogens is 441 g/mol. The van der Waals surface area contributed by atoms with E-state index in [0.717, 1.165) is 22.3 Å². The van der Waals surface area contributed by atoms with Gasteiger partial charge in [0.1, 0.15) is 0 Å². The smallest absolute Gasteiger partial charge is 0.416 e. The van der Waals surface area contributed by atoms with Crippen molar-refractivity contribution in [1.82, 2.24) is 9.88 Å². The Kier molecular flexibility index (Phi) is 6.28. The van der Waals surface area contributed by atoms with Gasteiger partial charge < -0.3 is 14.6 Å². The highest BCUT2D eigenvalue weighted by atomic mass is 32.1. The van der Waals surface area contributed by atoms with Crippen molar-refractivity contribution in [3.63, 3.8) is 0 Å². The van der Waals surface area contributed by atoms with Crippen molar-refractivity contribution in [1.29, 1.82) is 0 Å². The van der Waals surface area contributed by atoms with Gasteiger partial charge in [0.2, 0.25) is 0 Å². The molecule has 32 heavy (non-hydrogen) atoms. The van der Waals surface area contributed by atoms with Gasteiger partial charge in [-0.15, -0.1) is 11.3 Å². The van der Waals surface area contributed by atoms with Crippen LogP contribution in [-0.2, 0) is 22.3 Å². The molecule has 1 aliphatic rings. The molecule has 1 saturated carbocycles. The topological polar surface area (TPSA) is 60.3 Å². The molecule has 2 heterocycles. The van der Waals surface area contributed by atoms with E-state index < -0.39 is 11.7 Å². The number of aromatic nitrogens is 1. The highest BCUT2D eigenvalue weighted by Crippen LogP contribution is 2.31. The first kappa shape index (κ1) is 22.4. The van der Waals surface area contributed by atoms with Gasteiger partial charge in [-0.2, -0.15) is 13.2 Å². The zero-order chi connectivity index (χ0) is 22.9. The van der Waals surface area contributed by atoms with Crippen LogP contribution in [0, 0.1) is 5.92 Å². The fraction of sp³-hybridized carbons (Fsp3) is 0.391. The summed E-state index contributed by atoms with van der Waals surface area (Å²) in [5.74, 6) is -0.484. The van der Waals surface area contributed by atoms with Gasteiger partial charge in [0.05, 0.1) is 34.4 Å². The Morgan fingerprint density at radius 3 is 2.44 bits per heavy atom. The van der Waals surface area contributed by atoms with Crippen molar-refractivity contribution in [2.24, 2.45) is 5.92 Å². The van der Waals surface area contributed by atoms with Gasteiger partial charge in [0.25, 0.3) is 5.91 Å². The van der Waals surface area contributed by atoms with Gasteiger partial charge in [-0.1, -0.05) is 12.1 Å². The van der Waals surface area contributed by atoms with E-state index in [1.165, 1.54) is 30.6 Å². The Balaban J connectivity index is 1.46. The van der Waals surface area contributed by atoms with Crippen LogP contribution in [0.25, 0.3) is 10.2 Å². The molecule has 0 unspecified atom stereocenters. The molecule has 0 atom stereocenters. The van der Waals surface area contributed by atoms with Gasteiger partial charge in [-0.3, -0.25) is 9.59 Å². The van der Waals surface area contributed by atoms with Crippen LogP contribution < -0.4 is 5.32 Å². The van der Waals surface area contributed by atoms with Crippen LogP contribution >= 0.6 is 11.3 Å². The second kappa shape index (κ2) is 8.97. The quantitative estimate of drug-likeness (QED) is 0.526. The van der Waals surface area contributed by atoms with E-state index in [1.54, 1.807) is 0 Å². The maximum absolute atomic E-state index is 13.0. The number of carbonyl (C=O) groups is 2. The SMILES string of the molecule is COC(=O)C1CCC(NC(=O)c2csc3ccn(Cc4ccc(C(F)(F)F)cc4)c23)CC1. The average molecular weight is 465 g/mol. The van der Waals surface area contributed by atoms with E-state index in [1.807, 2.05) is 22.2 Å². The number of benzene rings is 1. The van der Waals surface area contributed by atoms with Crippen molar-refractivity contribution in [2.45, 2.75) is 44.4 Å². The van der Waals surface area contributed by atoms with E-state index in [-0.39, 0.29) is 23.8 Å². The molecule has 4 rings (SSSR count). The number of halogens is 3.